The number of carbonyl (C=O) groups excluding carboxylic acids is 1. The summed E-state index contributed by atoms with van der Waals surface area (Å²) < 4.78 is 13.8. The van der Waals surface area contributed by atoms with Gasteiger partial charge in [0.05, 0.1) is 11.6 Å². The number of fused-ring (bicyclic) bond motifs is 1. The van der Waals surface area contributed by atoms with Crippen LogP contribution < -0.4 is 5.32 Å². The Balaban J connectivity index is 1.83. The Morgan fingerprint density at radius 1 is 1.50 bits per heavy atom. The molecule has 22 heavy (non-hydrogen) atoms. The third-order valence-corrected chi connectivity index (χ3v) is 4.74. The van der Waals surface area contributed by atoms with E-state index >= 15 is 0 Å². The normalized spacial score (nSPS) is 22.4. The van der Waals surface area contributed by atoms with Crippen LogP contribution in [0.25, 0.3) is 10.9 Å². The Bertz CT molecular complexity index is 704. The molecule has 1 fully saturated rings. The summed E-state index contributed by atoms with van der Waals surface area (Å²) in [6.45, 7) is 3.84. The highest BCUT2D eigenvalue weighted by atomic mass is 19.1. The molecule has 2 aromatic rings. The maximum atomic E-state index is 13.8. The molecule has 3 rings (SSSR count). The van der Waals surface area contributed by atoms with E-state index in [-0.39, 0.29) is 23.9 Å². The van der Waals surface area contributed by atoms with Gasteiger partial charge in [0.2, 0.25) is 0 Å². The molecule has 3 N–H and O–H groups in total. The van der Waals surface area contributed by atoms with Gasteiger partial charge in [0.1, 0.15) is 11.5 Å². The van der Waals surface area contributed by atoms with E-state index in [1.165, 1.54) is 6.07 Å². The van der Waals surface area contributed by atoms with E-state index in [1.807, 2.05) is 13.8 Å². The molecule has 5 heteroatoms. The molecule has 0 bridgehead atoms. The minimum absolute atomic E-state index is 0.0477. The van der Waals surface area contributed by atoms with Crippen LogP contribution in [0.15, 0.2) is 18.2 Å². The van der Waals surface area contributed by atoms with Gasteiger partial charge in [-0.05, 0) is 43.7 Å². The number of hydrogen-bond acceptors (Lipinski definition) is 2. The molecule has 1 amide bonds. The zero-order chi connectivity index (χ0) is 15.9. The quantitative estimate of drug-likeness (QED) is 0.813. The van der Waals surface area contributed by atoms with Crippen LogP contribution >= 0.6 is 0 Å². The van der Waals surface area contributed by atoms with Gasteiger partial charge < -0.3 is 15.4 Å². The van der Waals surface area contributed by atoms with Gasteiger partial charge in [-0.25, -0.2) is 4.39 Å². The molecule has 0 unspecified atom stereocenters. The van der Waals surface area contributed by atoms with E-state index in [9.17, 15) is 14.3 Å². The van der Waals surface area contributed by atoms with Crippen LogP contribution in [0.1, 0.15) is 42.2 Å². The largest absolute Gasteiger partial charge is 0.393 e. The van der Waals surface area contributed by atoms with Crippen molar-refractivity contribution in [1.82, 2.24) is 10.3 Å². The summed E-state index contributed by atoms with van der Waals surface area (Å²) in [5.41, 5.74) is 1.55. The predicted molar refractivity (Wildman–Crippen MR) is 83.3 cm³/mol. The van der Waals surface area contributed by atoms with Crippen molar-refractivity contribution < 1.29 is 14.3 Å². The monoisotopic (exact) mass is 304 g/mol. The molecule has 1 aromatic carbocycles. The molecule has 0 radical (unpaired) electrons. The number of aryl methyl sites for hydroxylation is 1. The maximum Gasteiger partial charge on any atom is 0.268 e. The van der Waals surface area contributed by atoms with Gasteiger partial charge >= 0.3 is 0 Å². The predicted octanol–water partition coefficient (Wildman–Crippen LogP) is 2.89. The zero-order valence-electron chi connectivity index (χ0n) is 12.8. The number of para-hydroxylation sites is 1. The standard InChI is InChI=1S/C17H21FN2O2/c1-3-14(10-7-11(21)8-10)19-17(22)15-9(2)12-5-4-6-13(18)16(12)20-15/h4-6,10-11,14,20-21H,3,7-8H2,1-2H3,(H,19,22)/t10?,11?,14-/m1/s1. The number of benzene rings is 1. The average Bonchev–Trinajstić information content (AvgIpc) is 2.81. The molecule has 0 aliphatic heterocycles. The number of aromatic nitrogens is 1. The van der Waals surface area contributed by atoms with Gasteiger partial charge in [-0.15, -0.1) is 0 Å². The summed E-state index contributed by atoms with van der Waals surface area (Å²) in [6.07, 6.45) is 2.05. The van der Waals surface area contributed by atoms with E-state index in [4.69, 9.17) is 0 Å². The second-order valence-electron chi connectivity index (χ2n) is 6.16. The summed E-state index contributed by atoms with van der Waals surface area (Å²) in [5, 5.41) is 13.2. The van der Waals surface area contributed by atoms with Crippen molar-refractivity contribution in [1.29, 1.82) is 0 Å². The number of aliphatic hydroxyl groups excluding tert-OH is 1. The van der Waals surface area contributed by atoms with Crippen LogP contribution in [0, 0.1) is 18.7 Å². The van der Waals surface area contributed by atoms with Crippen molar-refractivity contribution in [2.24, 2.45) is 5.92 Å². The number of halogens is 1. The topological polar surface area (TPSA) is 65.1 Å². The van der Waals surface area contributed by atoms with Crippen molar-refractivity contribution in [3.05, 3.63) is 35.3 Å². The first-order chi connectivity index (χ1) is 10.5. The number of carbonyl (C=O) groups is 1. The van der Waals surface area contributed by atoms with E-state index < -0.39 is 0 Å². The van der Waals surface area contributed by atoms with Gasteiger partial charge in [0.25, 0.3) is 5.91 Å². The van der Waals surface area contributed by atoms with Crippen molar-refractivity contribution in [3.63, 3.8) is 0 Å². The molecule has 118 valence electrons. The zero-order valence-corrected chi connectivity index (χ0v) is 12.8. The summed E-state index contributed by atoms with van der Waals surface area (Å²) in [7, 11) is 0. The van der Waals surface area contributed by atoms with Gasteiger partial charge in [0, 0.05) is 11.4 Å². The number of hydrogen-bond donors (Lipinski definition) is 3. The Morgan fingerprint density at radius 2 is 2.23 bits per heavy atom. The second kappa shape index (κ2) is 5.72. The van der Waals surface area contributed by atoms with E-state index in [0.717, 1.165) is 30.2 Å². The van der Waals surface area contributed by atoms with Gasteiger partial charge in [0.15, 0.2) is 0 Å². The maximum absolute atomic E-state index is 13.8. The lowest BCUT2D eigenvalue weighted by molar-refractivity contribution is 0.0232. The van der Waals surface area contributed by atoms with Crippen LogP contribution in [0.3, 0.4) is 0 Å². The Kier molecular flexibility index (Phi) is 3.91. The fourth-order valence-electron chi connectivity index (χ4n) is 3.30. The average molecular weight is 304 g/mol. The van der Waals surface area contributed by atoms with Crippen LogP contribution in [0.5, 0.6) is 0 Å². The lowest BCUT2D eigenvalue weighted by Crippen LogP contribution is -2.46. The van der Waals surface area contributed by atoms with Crippen LogP contribution in [0.2, 0.25) is 0 Å². The molecular formula is C17H21FN2O2. The molecule has 0 saturated heterocycles. The molecule has 1 aliphatic carbocycles. The Morgan fingerprint density at radius 3 is 2.82 bits per heavy atom. The lowest BCUT2D eigenvalue weighted by Gasteiger charge is -2.37. The summed E-state index contributed by atoms with van der Waals surface area (Å²) in [4.78, 5) is 15.4. The van der Waals surface area contributed by atoms with Crippen molar-refractivity contribution in [2.45, 2.75) is 45.3 Å². The molecule has 1 aliphatic rings. The van der Waals surface area contributed by atoms with Crippen molar-refractivity contribution in [3.8, 4) is 0 Å². The number of H-pyrrole nitrogens is 1. The van der Waals surface area contributed by atoms with Crippen LogP contribution in [-0.2, 0) is 0 Å². The molecule has 1 aromatic heterocycles. The van der Waals surface area contributed by atoms with E-state index in [0.29, 0.717) is 17.1 Å². The molecule has 1 atom stereocenters. The lowest BCUT2D eigenvalue weighted by atomic mass is 9.76. The Labute approximate surface area is 128 Å². The van der Waals surface area contributed by atoms with Gasteiger partial charge in [-0.1, -0.05) is 19.1 Å². The highest BCUT2D eigenvalue weighted by Gasteiger charge is 2.34. The van der Waals surface area contributed by atoms with Crippen LogP contribution in [-0.4, -0.2) is 28.1 Å². The third-order valence-electron chi connectivity index (χ3n) is 4.74. The minimum Gasteiger partial charge on any atom is -0.393 e. The summed E-state index contributed by atoms with van der Waals surface area (Å²) in [5.74, 6) is -0.236. The molecule has 4 nitrogen and oxygen atoms in total. The first kappa shape index (κ1) is 15.0. The number of rotatable bonds is 4. The summed E-state index contributed by atoms with van der Waals surface area (Å²) >= 11 is 0. The Hall–Kier alpha value is -1.88. The highest BCUT2D eigenvalue weighted by Crippen LogP contribution is 2.32. The molecule has 1 heterocycles. The third kappa shape index (κ3) is 2.50. The smallest absolute Gasteiger partial charge is 0.268 e. The molecule has 1 saturated carbocycles. The van der Waals surface area contributed by atoms with Crippen LogP contribution in [0.4, 0.5) is 4.39 Å². The minimum atomic E-state index is -0.353. The summed E-state index contributed by atoms with van der Waals surface area (Å²) in [6, 6.07) is 4.88. The van der Waals surface area contributed by atoms with Crippen molar-refractivity contribution in [2.75, 3.05) is 0 Å². The highest BCUT2D eigenvalue weighted by molar-refractivity contribution is 6.01. The van der Waals surface area contributed by atoms with Gasteiger partial charge in [-0.3, -0.25) is 4.79 Å². The first-order valence-electron chi connectivity index (χ1n) is 7.77. The number of aliphatic hydroxyl groups is 1. The first-order valence-corrected chi connectivity index (χ1v) is 7.77. The number of aromatic amines is 1. The number of nitrogens with one attached hydrogen (secondary N) is 2. The van der Waals surface area contributed by atoms with E-state index in [1.54, 1.807) is 12.1 Å². The SMILES string of the molecule is CC[C@@H](NC(=O)c1[nH]c2c(F)cccc2c1C)C1CC(O)C1. The van der Waals surface area contributed by atoms with E-state index in [2.05, 4.69) is 10.3 Å². The van der Waals surface area contributed by atoms with Crippen molar-refractivity contribution >= 4 is 16.8 Å². The second-order valence-corrected chi connectivity index (χ2v) is 6.16. The number of amides is 1. The van der Waals surface area contributed by atoms with Gasteiger partial charge in [-0.2, -0.15) is 0 Å². The fourth-order valence-corrected chi connectivity index (χ4v) is 3.30. The molecule has 0 spiro atoms. The molecular weight excluding hydrogens is 283 g/mol. The fraction of sp³-hybridized carbons (Fsp3) is 0.471.